The van der Waals surface area contributed by atoms with Gasteiger partial charge >= 0.3 is 5.97 Å². The summed E-state index contributed by atoms with van der Waals surface area (Å²) in [6, 6.07) is 10.3. The largest absolute Gasteiger partial charge is 0.469 e. The van der Waals surface area contributed by atoms with Gasteiger partial charge in [-0.15, -0.1) is 0 Å². The first-order chi connectivity index (χ1) is 18.0. The molecule has 1 unspecified atom stereocenters. The lowest BCUT2D eigenvalue weighted by Crippen LogP contribution is -2.52. The van der Waals surface area contributed by atoms with Crippen LogP contribution in [0.4, 0.5) is 4.39 Å². The zero-order valence-corrected chi connectivity index (χ0v) is 21.3. The zero-order chi connectivity index (χ0) is 25.8. The fourth-order valence-electron chi connectivity index (χ4n) is 4.76. The van der Waals surface area contributed by atoms with E-state index in [0.29, 0.717) is 34.1 Å². The van der Waals surface area contributed by atoms with Crippen LogP contribution in [-0.2, 0) is 16.0 Å². The number of benzene rings is 1. The molecule has 0 amide bonds. The lowest BCUT2D eigenvalue weighted by atomic mass is 10.1. The van der Waals surface area contributed by atoms with Gasteiger partial charge in [0.2, 0.25) is 0 Å². The first-order valence-corrected chi connectivity index (χ1v) is 12.7. The molecule has 5 rings (SSSR count). The summed E-state index contributed by atoms with van der Waals surface area (Å²) in [5.41, 5.74) is 4.65. The third-order valence-electron chi connectivity index (χ3n) is 6.69. The van der Waals surface area contributed by atoms with Crippen LogP contribution >= 0.6 is 11.6 Å². The topological polar surface area (TPSA) is 96.0 Å². The van der Waals surface area contributed by atoms with Gasteiger partial charge in [0.05, 0.1) is 42.3 Å². The molecule has 1 fully saturated rings. The van der Waals surface area contributed by atoms with Crippen LogP contribution in [0, 0.1) is 5.82 Å². The summed E-state index contributed by atoms with van der Waals surface area (Å²) >= 11 is 6.10. The number of imidazole rings is 1. The summed E-state index contributed by atoms with van der Waals surface area (Å²) in [5.74, 6) is -0.585. The van der Waals surface area contributed by atoms with E-state index in [0.717, 1.165) is 55.6 Å². The Kier molecular flexibility index (Phi) is 7.73. The van der Waals surface area contributed by atoms with Crippen molar-refractivity contribution in [3.63, 3.8) is 0 Å². The number of carbonyl (C=O) groups excluding carboxylic acids is 1. The van der Waals surface area contributed by atoms with Gasteiger partial charge in [0.15, 0.2) is 0 Å². The minimum atomic E-state index is -0.402. The van der Waals surface area contributed by atoms with E-state index in [2.05, 4.69) is 25.2 Å². The van der Waals surface area contributed by atoms with Crippen molar-refractivity contribution in [2.45, 2.75) is 25.3 Å². The second kappa shape index (κ2) is 11.3. The third kappa shape index (κ3) is 5.79. The molecule has 4 aromatic rings. The van der Waals surface area contributed by atoms with Crippen molar-refractivity contribution in [2.75, 3.05) is 33.3 Å². The number of nitrogens with zero attached hydrogens (tertiary/aromatic N) is 4. The number of ether oxygens (including phenoxy) is 1. The molecule has 0 spiro atoms. The monoisotopic (exact) mass is 522 g/mol. The smallest absolute Gasteiger partial charge is 0.307 e. The number of carbonyl (C=O) groups is 1. The van der Waals surface area contributed by atoms with Gasteiger partial charge in [0.1, 0.15) is 11.5 Å². The molecule has 1 aliphatic rings. The number of piperazine rings is 1. The van der Waals surface area contributed by atoms with E-state index >= 15 is 0 Å². The standard InChI is InChI=1S/C27H28ClFN6O2/c1-37-25(36)13-19-15-30-8-10-35(19)9-2-3-17-11-24-22(31-14-17)6-7-23(34-24)27-26(32-16-33-27)20-12-18(28)4-5-21(20)29/h4-7,11-12,14,16,19,30H,2-3,8-10,13,15H2,1H3,(H,32,33). The SMILES string of the molecule is COC(=O)CC1CNCCN1CCCc1cnc2ccc(-c3[nH]cnc3-c3cc(Cl)ccc3F)nc2c1. The highest BCUT2D eigenvalue weighted by molar-refractivity contribution is 6.30. The molecule has 4 heterocycles. The molecular formula is C27H28ClFN6O2. The molecule has 37 heavy (non-hydrogen) atoms. The maximum Gasteiger partial charge on any atom is 0.307 e. The fraction of sp³-hybridized carbons (Fsp3) is 0.333. The Hall–Kier alpha value is -3.40. The second-order valence-electron chi connectivity index (χ2n) is 9.11. The molecule has 2 N–H and O–H groups in total. The molecule has 3 aromatic heterocycles. The van der Waals surface area contributed by atoms with Gasteiger partial charge in [-0.1, -0.05) is 11.6 Å². The molecule has 1 aromatic carbocycles. The highest BCUT2D eigenvalue weighted by Crippen LogP contribution is 2.32. The number of H-pyrrole nitrogens is 1. The molecule has 8 nitrogen and oxygen atoms in total. The average molecular weight is 523 g/mol. The van der Waals surface area contributed by atoms with Crippen LogP contribution in [0.5, 0.6) is 0 Å². The maximum atomic E-state index is 14.5. The highest BCUT2D eigenvalue weighted by Gasteiger charge is 2.24. The van der Waals surface area contributed by atoms with Crippen molar-refractivity contribution in [1.29, 1.82) is 0 Å². The van der Waals surface area contributed by atoms with E-state index in [-0.39, 0.29) is 12.0 Å². The van der Waals surface area contributed by atoms with Crippen LogP contribution in [0.2, 0.25) is 5.02 Å². The summed E-state index contributed by atoms with van der Waals surface area (Å²) < 4.78 is 19.4. The second-order valence-corrected chi connectivity index (χ2v) is 9.54. The number of pyridine rings is 2. The first-order valence-electron chi connectivity index (χ1n) is 12.3. The molecule has 1 atom stereocenters. The number of halogens is 2. The van der Waals surface area contributed by atoms with Crippen molar-refractivity contribution in [3.05, 3.63) is 65.3 Å². The Balaban J connectivity index is 1.31. The van der Waals surface area contributed by atoms with Gasteiger partial charge < -0.3 is 15.0 Å². The van der Waals surface area contributed by atoms with E-state index in [9.17, 15) is 9.18 Å². The van der Waals surface area contributed by atoms with Crippen molar-refractivity contribution in [2.24, 2.45) is 0 Å². The van der Waals surface area contributed by atoms with Crippen LogP contribution in [0.15, 0.2) is 48.9 Å². The van der Waals surface area contributed by atoms with Gasteiger partial charge in [-0.05, 0) is 61.3 Å². The minimum Gasteiger partial charge on any atom is -0.469 e. The number of hydrogen-bond donors (Lipinski definition) is 2. The first kappa shape index (κ1) is 25.3. The minimum absolute atomic E-state index is 0.146. The van der Waals surface area contributed by atoms with Crippen LogP contribution in [0.25, 0.3) is 33.7 Å². The Labute approximate surface area is 219 Å². The van der Waals surface area contributed by atoms with Crippen LogP contribution < -0.4 is 5.32 Å². The van der Waals surface area contributed by atoms with Gasteiger partial charge in [0.25, 0.3) is 0 Å². The van der Waals surface area contributed by atoms with Crippen LogP contribution in [-0.4, -0.2) is 70.1 Å². The van der Waals surface area contributed by atoms with Crippen molar-refractivity contribution in [3.8, 4) is 22.6 Å². The Morgan fingerprint density at radius 2 is 2.11 bits per heavy atom. The average Bonchev–Trinajstić information content (AvgIpc) is 3.40. The molecule has 0 saturated carbocycles. The number of nitrogens with one attached hydrogen (secondary N) is 2. The highest BCUT2D eigenvalue weighted by atomic mass is 35.5. The summed E-state index contributed by atoms with van der Waals surface area (Å²) in [5, 5.41) is 3.79. The van der Waals surface area contributed by atoms with E-state index in [4.69, 9.17) is 21.3 Å². The van der Waals surface area contributed by atoms with Crippen molar-refractivity contribution >= 4 is 28.6 Å². The summed E-state index contributed by atoms with van der Waals surface area (Å²) in [6.07, 6.45) is 5.57. The van der Waals surface area contributed by atoms with Gasteiger partial charge in [-0.2, -0.15) is 0 Å². The number of fused-ring (bicyclic) bond motifs is 1. The zero-order valence-electron chi connectivity index (χ0n) is 20.5. The molecule has 10 heteroatoms. The van der Waals surface area contributed by atoms with Crippen LogP contribution in [0.3, 0.4) is 0 Å². The van der Waals surface area contributed by atoms with E-state index in [1.165, 1.54) is 25.6 Å². The number of aromatic nitrogens is 4. The number of aromatic amines is 1. The number of aryl methyl sites for hydroxylation is 1. The van der Waals surface area contributed by atoms with Gasteiger partial charge in [-0.3, -0.25) is 14.7 Å². The quantitative estimate of drug-likeness (QED) is 0.334. The molecule has 1 saturated heterocycles. The van der Waals surface area contributed by atoms with E-state index in [1.807, 2.05) is 24.4 Å². The predicted molar refractivity (Wildman–Crippen MR) is 141 cm³/mol. The lowest BCUT2D eigenvalue weighted by Gasteiger charge is -2.35. The molecular weight excluding hydrogens is 495 g/mol. The third-order valence-corrected chi connectivity index (χ3v) is 6.92. The molecule has 0 bridgehead atoms. The fourth-order valence-corrected chi connectivity index (χ4v) is 4.93. The van der Waals surface area contributed by atoms with Crippen LogP contribution in [0.1, 0.15) is 18.4 Å². The van der Waals surface area contributed by atoms with E-state index in [1.54, 1.807) is 6.07 Å². The number of rotatable bonds is 8. The summed E-state index contributed by atoms with van der Waals surface area (Å²) in [7, 11) is 1.43. The number of methoxy groups -OCH3 is 1. The lowest BCUT2D eigenvalue weighted by molar-refractivity contribution is -0.142. The number of esters is 1. The summed E-state index contributed by atoms with van der Waals surface area (Å²) in [6.45, 7) is 3.49. The predicted octanol–water partition coefficient (Wildman–Crippen LogP) is 4.25. The van der Waals surface area contributed by atoms with Gasteiger partial charge in [0, 0.05) is 42.5 Å². The Bertz CT molecular complexity index is 1410. The normalized spacial score (nSPS) is 16.2. The number of hydrogen-bond acceptors (Lipinski definition) is 7. The Morgan fingerprint density at radius 3 is 2.97 bits per heavy atom. The van der Waals surface area contributed by atoms with E-state index < -0.39 is 5.82 Å². The van der Waals surface area contributed by atoms with Crippen molar-refractivity contribution < 1.29 is 13.9 Å². The molecule has 0 radical (unpaired) electrons. The Morgan fingerprint density at radius 1 is 1.22 bits per heavy atom. The summed E-state index contributed by atoms with van der Waals surface area (Å²) in [4.78, 5) is 30.9. The van der Waals surface area contributed by atoms with Gasteiger partial charge in [-0.25, -0.2) is 14.4 Å². The van der Waals surface area contributed by atoms with Crippen molar-refractivity contribution in [1.82, 2.24) is 30.2 Å². The molecule has 192 valence electrons. The molecule has 0 aliphatic carbocycles. The molecule has 1 aliphatic heterocycles. The maximum absolute atomic E-state index is 14.5.